The van der Waals surface area contributed by atoms with Crippen molar-refractivity contribution in [3.8, 4) is 11.5 Å². The van der Waals surface area contributed by atoms with E-state index in [-0.39, 0.29) is 30.6 Å². The minimum absolute atomic E-state index is 0.0596. The van der Waals surface area contributed by atoms with Gasteiger partial charge in [0.1, 0.15) is 11.9 Å². The second-order valence-corrected chi connectivity index (χ2v) is 10.3. The van der Waals surface area contributed by atoms with Crippen molar-refractivity contribution in [1.29, 1.82) is 0 Å². The number of nitrogens with zero attached hydrogens (tertiary/aromatic N) is 2. The van der Waals surface area contributed by atoms with E-state index < -0.39 is 6.03 Å². The van der Waals surface area contributed by atoms with Crippen LogP contribution in [0.5, 0.6) is 11.5 Å². The molecule has 0 bridgehead atoms. The van der Waals surface area contributed by atoms with Crippen molar-refractivity contribution in [2.75, 3.05) is 44.5 Å². The quantitative estimate of drug-likeness (QED) is 0.360. The molecule has 0 saturated carbocycles. The van der Waals surface area contributed by atoms with E-state index in [1.54, 1.807) is 42.3 Å². The smallest absolute Gasteiger partial charge is 0.323 e. The monoisotopic (exact) mass is 546 g/mol. The Hall–Kier alpha value is -4.08. The zero-order chi connectivity index (χ0) is 28.6. The van der Waals surface area contributed by atoms with Crippen LogP contribution in [-0.4, -0.2) is 72.8 Å². The summed E-state index contributed by atoms with van der Waals surface area (Å²) in [5.41, 5.74) is 2.51. The summed E-state index contributed by atoms with van der Waals surface area (Å²) in [5, 5.41) is 15.6. The minimum Gasteiger partial charge on any atom is -0.497 e. The van der Waals surface area contributed by atoms with Gasteiger partial charge in [0.05, 0.1) is 31.0 Å². The highest BCUT2D eigenvalue weighted by Crippen LogP contribution is 2.35. The van der Waals surface area contributed by atoms with Crippen LogP contribution in [-0.2, 0) is 6.54 Å². The number of benzene rings is 3. The highest BCUT2D eigenvalue weighted by atomic mass is 16.5. The summed E-state index contributed by atoms with van der Waals surface area (Å²) in [5.74, 6) is 0.815. The number of nitrogens with one attached hydrogen (secondary N) is 2. The lowest BCUT2D eigenvalue weighted by Crippen LogP contribution is -2.49. The standard InChI is InChI=1S/C31H38N4O5/c1-21-17-35(22(2)20-36)30(37)26-11-8-12-27(33-31(38)32-24-9-6-5-7-10-24)29(26)40-28(21)19-34(3)18-23-13-15-25(39-4)16-14-23/h5-16,21-22,28,36H,17-20H2,1-4H3,(H2,32,33,38)/t21-,22+,28-/m1/s1. The zero-order valence-electron chi connectivity index (χ0n) is 23.5. The molecule has 1 aliphatic heterocycles. The van der Waals surface area contributed by atoms with Crippen molar-refractivity contribution in [2.24, 2.45) is 5.92 Å². The van der Waals surface area contributed by atoms with E-state index >= 15 is 0 Å². The number of para-hydroxylation sites is 2. The number of rotatable bonds is 9. The van der Waals surface area contributed by atoms with Crippen LogP contribution in [0.25, 0.3) is 0 Å². The fraction of sp³-hybridized carbons (Fsp3) is 0.355. The highest BCUT2D eigenvalue weighted by molar-refractivity contribution is 6.04. The number of hydrogen-bond acceptors (Lipinski definition) is 6. The van der Waals surface area contributed by atoms with Gasteiger partial charge in [-0.2, -0.15) is 0 Å². The van der Waals surface area contributed by atoms with Gasteiger partial charge < -0.3 is 30.1 Å². The van der Waals surface area contributed by atoms with Crippen molar-refractivity contribution in [1.82, 2.24) is 9.80 Å². The van der Waals surface area contributed by atoms with E-state index in [2.05, 4.69) is 15.5 Å². The molecule has 0 unspecified atom stereocenters. The molecule has 9 heteroatoms. The van der Waals surface area contributed by atoms with E-state index in [0.29, 0.717) is 42.3 Å². The molecule has 3 aromatic carbocycles. The van der Waals surface area contributed by atoms with Gasteiger partial charge in [0.15, 0.2) is 5.75 Å². The zero-order valence-corrected chi connectivity index (χ0v) is 23.5. The van der Waals surface area contributed by atoms with Gasteiger partial charge in [-0.1, -0.05) is 43.3 Å². The minimum atomic E-state index is -0.445. The van der Waals surface area contributed by atoms with Crippen molar-refractivity contribution >= 4 is 23.3 Å². The fourth-order valence-corrected chi connectivity index (χ4v) is 4.78. The first-order valence-corrected chi connectivity index (χ1v) is 13.4. The Kier molecular flexibility index (Phi) is 9.63. The maximum atomic E-state index is 13.7. The van der Waals surface area contributed by atoms with Crippen LogP contribution >= 0.6 is 0 Å². The van der Waals surface area contributed by atoms with Gasteiger partial charge in [-0.05, 0) is 55.9 Å². The molecule has 3 N–H and O–H groups in total. The second kappa shape index (κ2) is 13.3. The third-order valence-electron chi connectivity index (χ3n) is 7.07. The molecular weight excluding hydrogens is 508 g/mol. The summed E-state index contributed by atoms with van der Waals surface area (Å²) in [6.07, 6.45) is -0.302. The molecule has 3 atom stereocenters. The van der Waals surface area contributed by atoms with Gasteiger partial charge in [0.2, 0.25) is 0 Å². The number of anilines is 2. The number of urea groups is 1. The van der Waals surface area contributed by atoms with Gasteiger partial charge in [0.25, 0.3) is 5.91 Å². The molecule has 0 aliphatic carbocycles. The Bertz CT molecular complexity index is 1280. The van der Waals surface area contributed by atoms with Gasteiger partial charge in [-0.3, -0.25) is 9.69 Å². The van der Waals surface area contributed by atoms with Crippen molar-refractivity contribution in [3.63, 3.8) is 0 Å². The number of methoxy groups -OCH3 is 1. The van der Waals surface area contributed by atoms with Gasteiger partial charge in [-0.25, -0.2) is 4.79 Å². The predicted octanol–water partition coefficient (Wildman–Crippen LogP) is 4.69. The number of amides is 3. The fourth-order valence-electron chi connectivity index (χ4n) is 4.78. The van der Waals surface area contributed by atoms with Gasteiger partial charge in [-0.15, -0.1) is 0 Å². The number of ether oxygens (including phenoxy) is 2. The van der Waals surface area contributed by atoms with Crippen LogP contribution in [0.4, 0.5) is 16.2 Å². The Morgan fingerprint density at radius 3 is 2.50 bits per heavy atom. The first-order valence-electron chi connectivity index (χ1n) is 13.4. The molecule has 0 spiro atoms. The average Bonchev–Trinajstić information content (AvgIpc) is 2.95. The number of aliphatic hydroxyl groups excluding tert-OH is 1. The number of aliphatic hydroxyl groups is 1. The Morgan fingerprint density at radius 1 is 1.10 bits per heavy atom. The largest absolute Gasteiger partial charge is 0.497 e. The Labute approximate surface area is 235 Å². The van der Waals surface area contributed by atoms with E-state index in [4.69, 9.17) is 9.47 Å². The number of hydrogen-bond donors (Lipinski definition) is 3. The summed E-state index contributed by atoms with van der Waals surface area (Å²) in [7, 11) is 3.67. The van der Waals surface area contributed by atoms with Gasteiger partial charge in [0, 0.05) is 31.2 Å². The lowest BCUT2D eigenvalue weighted by Gasteiger charge is -2.38. The topological polar surface area (TPSA) is 103 Å². The molecule has 3 aromatic rings. The van der Waals surface area contributed by atoms with Crippen LogP contribution in [0.15, 0.2) is 72.8 Å². The maximum Gasteiger partial charge on any atom is 0.323 e. The van der Waals surface area contributed by atoms with E-state index in [9.17, 15) is 14.7 Å². The van der Waals surface area contributed by atoms with E-state index in [1.807, 2.05) is 63.4 Å². The molecular formula is C31H38N4O5. The molecule has 0 radical (unpaired) electrons. The summed E-state index contributed by atoms with van der Waals surface area (Å²) in [4.78, 5) is 30.4. The van der Waals surface area contributed by atoms with Crippen molar-refractivity contribution in [3.05, 3.63) is 83.9 Å². The van der Waals surface area contributed by atoms with Crippen LogP contribution < -0.4 is 20.1 Å². The van der Waals surface area contributed by atoms with Gasteiger partial charge >= 0.3 is 6.03 Å². The number of carbonyl (C=O) groups is 2. The third-order valence-corrected chi connectivity index (χ3v) is 7.07. The summed E-state index contributed by atoms with van der Waals surface area (Å²) in [6, 6.07) is 21.4. The predicted molar refractivity (Wildman–Crippen MR) is 156 cm³/mol. The van der Waals surface area contributed by atoms with Crippen molar-refractivity contribution in [2.45, 2.75) is 32.5 Å². The first kappa shape index (κ1) is 28.9. The number of carbonyl (C=O) groups excluding carboxylic acids is 2. The van der Waals surface area contributed by atoms with E-state index in [0.717, 1.165) is 11.3 Å². The van der Waals surface area contributed by atoms with Crippen LogP contribution in [0.1, 0.15) is 29.8 Å². The molecule has 0 fully saturated rings. The second-order valence-electron chi connectivity index (χ2n) is 10.3. The molecule has 1 aliphatic rings. The molecule has 3 amide bonds. The third kappa shape index (κ3) is 7.11. The van der Waals surface area contributed by atoms with Crippen LogP contribution in [0.2, 0.25) is 0 Å². The molecule has 0 saturated heterocycles. The molecule has 212 valence electrons. The van der Waals surface area contributed by atoms with Crippen molar-refractivity contribution < 1.29 is 24.2 Å². The van der Waals surface area contributed by atoms with Crippen LogP contribution in [0, 0.1) is 5.92 Å². The number of likely N-dealkylation sites (N-methyl/N-ethyl adjacent to an activating group) is 1. The molecule has 1 heterocycles. The SMILES string of the molecule is COc1ccc(CN(C)C[C@H]2Oc3c(NC(=O)Nc4ccccc4)cccc3C(=O)N([C@@H](C)CO)C[C@H]2C)cc1. The molecule has 9 nitrogen and oxygen atoms in total. The number of fused-ring (bicyclic) bond motifs is 1. The molecule has 4 rings (SSSR count). The highest BCUT2D eigenvalue weighted by Gasteiger charge is 2.34. The summed E-state index contributed by atoms with van der Waals surface area (Å²) < 4.78 is 11.9. The Balaban J connectivity index is 1.61. The summed E-state index contributed by atoms with van der Waals surface area (Å²) in [6.45, 7) is 5.40. The Morgan fingerprint density at radius 2 is 1.82 bits per heavy atom. The normalized spacial score (nSPS) is 17.8. The van der Waals surface area contributed by atoms with E-state index in [1.165, 1.54) is 0 Å². The lowest BCUT2D eigenvalue weighted by atomic mass is 9.99. The first-order chi connectivity index (χ1) is 19.3. The average molecular weight is 547 g/mol. The molecule has 40 heavy (non-hydrogen) atoms. The molecule has 0 aromatic heterocycles. The summed E-state index contributed by atoms with van der Waals surface area (Å²) >= 11 is 0. The van der Waals surface area contributed by atoms with Crippen LogP contribution in [0.3, 0.4) is 0 Å². The maximum absolute atomic E-state index is 13.7. The lowest BCUT2D eigenvalue weighted by molar-refractivity contribution is 0.0343.